The van der Waals surface area contributed by atoms with Gasteiger partial charge in [0.1, 0.15) is 0 Å². The van der Waals surface area contributed by atoms with Crippen LogP contribution in [-0.2, 0) is 9.59 Å². The van der Waals surface area contributed by atoms with E-state index in [0.717, 1.165) is 10.5 Å². The molecule has 2 atom stereocenters. The molecule has 7 heteroatoms. The van der Waals surface area contributed by atoms with Crippen molar-refractivity contribution in [3.05, 3.63) is 35.9 Å². The summed E-state index contributed by atoms with van der Waals surface area (Å²) in [4.78, 5) is 24.4. The van der Waals surface area contributed by atoms with Crippen LogP contribution in [0.2, 0.25) is 0 Å². The van der Waals surface area contributed by atoms with E-state index in [1.807, 2.05) is 37.3 Å². The SMILES string of the molecule is CC(CC(=O)N1CCC(C(=O)O)(C(F)(F)F)C1)c1ccccc1. The summed E-state index contributed by atoms with van der Waals surface area (Å²) in [6, 6.07) is 9.18. The molecule has 1 amide bonds. The lowest BCUT2D eigenvalue weighted by Gasteiger charge is -2.27. The van der Waals surface area contributed by atoms with E-state index in [1.165, 1.54) is 0 Å². The summed E-state index contributed by atoms with van der Waals surface area (Å²) in [5.74, 6) is -2.51. The number of nitrogens with zero attached hydrogens (tertiary/aromatic N) is 1. The number of halogens is 3. The Labute approximate surface area is 131 Å². The molecule has 4 nitrogen and oxygen atoms in total. The van der Waals surface area contributed by atoms with E-state index >= 15 is 0 Å². The molecule has 1 aliphatic rings. The zero-order valence-electron chi connectivity index (χ0n) is 12.6. The molecule has 0 aromatic heterocycles. The van der Waals surface area contributed by atoms with Gasteiger partial charge in [-0.2, -0.15) is 13.2 Å². The lowest BCUT2D eigenvalue weighted by Crippen LogP contribution is -2.47. The molecule has 23 heavy (non-hydrogen) atoms. The minimum absolute atomic E-state index is 0.0531. The first kappa shape index (κ1) is 17.3. The average molecular weight is 329 g/mol. The molecule has 2 unspecified atom stereocenters. The number of carboxylic acids is 1. The van der Waals surface area contributed by atoms with E-state index < -0.39 is 36.4 Å². The number of carbonyl (C=O) groups excluding carboxylic acids is 1. The van der Waals surface area contributed by atoms with E-state index in [4.69, 9.17) is 5.11 Å². The maximum Gasteiger partial charge on any atom is 0.406 e. The summed E-state index contributed by atoms with van der Waals surface area (Å²) in [6.07, 6.45) is -5.42. The van der Waals surface area contributed by atoms with E-state index in [9.17, 15) is 22.8 Å². The Morgan fingerprint density at radius 2 is 1.91 bits per heavy atom. The second-order valence-corrected chi connectivity index (χ2v) is 5.97. The van der Waals surface area contributed by atoms with Gasteiger partial charge in [-0.3, -0.25) is 9.59 Å². The van der Waals surface area contributed by atoms with Crippen LogP contribution >= 0.6 is 0 Å². The molecule has 1 aromatic rings. The molecule has 1 fully saturated rings. The van der Waals surface area contributed by atoms with Crippen LogP contribution in [0.3, 0.4) is 0 Å². The van der Waals surface area contributed by atoms with Gasteiger partial charge in [0.25, 0.3) is 0 Å². The van der Waals surface area contributed by atoms with Crippen molar-refractivity contribution in [2.45, 2.75) is 31.9 Å². The zero-order valence-corrected chi connectivity index (χ0v) is 12.6. The van der Waals surface area contributed by atoms with Crippen molar-refractivity contribution in [2.75, 3.05) is 13.1 Å². The van der Waals surface area contributed by atoms with Gasteiger partial charge < -0.3 is 10.0 Å². The number of hydrogen-bond donors (Lipinski definition) is 1. The van der Waals surface area contributed by atoms with Crippen LogP contribution in [0.5, 0.6) is 0 Å². The minimum atomic E-state index is -4.88. The Morgan fingerprint density at radius 3 is 2.39 bits per heavy atom. The van der Waals surface area contributed by atoms with Crippen LogP contribution in [0.25, 0.3) is 0 Å². The van der Waals surface area contributed by atoms with Crippen molar-refractivity contribution < 1.29 is 27.9 Å². The lowest BCUT2D eigenvalue weighted by atomic mass is 9.86. The Bertz CT molecular complexity index is 588. The van der Waals surface area contributed by atoms with Gasteiger partial charge >= 0.3 is 12.1 Å². The summed E-state index contributed by atoms with van der Waals surface area (Å²) >= 11 is 0. The van der Waals surface area contributed by atoms with E-state index in [1.54, 1.807) is 0 Å². The topological polar surface area (TPSA) is 57.6 Å². The molecule has 2 rings (SSSR count). The minimum Gasteiger partial charge on any atom is -0.481 e. The van der Waals surface area contributed by atoms with Gasteiger partial charge in [0.05, 0.1) is 0 Å². The summed E-state index contributed by atoms with van der Waals surface area (Å²) in [5, 5.41) is 9.00. The highest BCUT2D eigenvalue weighted by Crippen LogP contribution is 2.46. The highest BCUT2D eigenvalue weighted by molar-refractivity contribution is 5.81. The van der Waals surface area contributed by atoms with E-state index in [-0.39, 0.29) is 18.9 Å². The van der Waals surface area contributed by atoms with Crippen LogP contribution in [0.15, 0.2) is 30.3 Å². The van der Waals surface area contributed by atoms with Crippen molar-refractivity contribution in [1.82, 2.24) is 4.90 Å². The maximum atomic E-state index is 13.1. The third-order valence-corrected chi connectivity index (χ3v) is 4.42. The Hall–Kier alpha value is -2.05. The number of alkyl halides is 3. The second kappa shape index (κ2) is 6.22. The zero-order chi connectivity index (χ0) is 17.3. The normalized spacial score (nSPS) is 22.9. The predicted octanol–water partition coefficient (Wildman–Crippen LogP) is 3.05. The predicted molar refractivity (Wildman–Crippen MR) is 76.8 cm³/mol. The molecular weight excluding hydrogens is 311 g/mol. The molecule has 0 bridgehead atoms. The number of benzene rings is 1. The molecule has 1 aliphatic heterocycles. The summed E-state index contributed by atoms with van der Waals surface area (Å²) in [6.45, 7) is 0.815. The number of aliphatic carboxylic acids is 1. The third kappa shape index (κ3) is 3.33. The van der Waals surface area contributed by atoms with Crippen molar-refractivity contribution in [3.8, 4) is 0 Å². The molecule has 126 valence electrons. The first-order valence-corrected chi connectivity index (χ1v) is 7.30. The average Bonchev–Trinajstić information content (AvgIpc) is 2.94. The Balaban J connectivity index is 2.06. The number of carbonyl (C=O) groups is 2. The molecule has 0 spiro atoms. The monoisotopic (exact) mass is 329 g/mol. The molecule has 1 heterocycles. The smallest absolute Gasteiger partial charge is 0.406 e. The largest absolute Gasteiger partial charge is 0.481 e. The van der Waals surface area contributed by atoms with Crippen LogP contribution in [-0.4, -0.2) is 41.1 Å². The van der Waals surface area contributed by atoms with Gasteiger partial charge in [0.15, 0.2) is 5.41 Å². The molecular formula is C16H18F3NO3. The summed E-state index contributed by atoms with van der Waals surface area (Å²) < 4.78 is 39.3. The number of likely N-dealkylation sites (tertiary alicyclic amines) is 1. The first-order valence-electron chi connectivity index (χ1n) is 7.30. The Kier molecular flexibility index (Phi) is 4.68. The van der Waals surface area contributed by atoms with Gasteiger partial charge in [0, 0.05) is 19.5 Å². The van der Waals surface area contributed by atoms with Crippen LogP contribution in [0.1, 0.15) is 31.2 Å². The van der Waals surface area contributed by atoms with Gasteiger partial charge in [-0.1, -0.05) is 37.3 Å². The fourth-order valence-corrected chi connectivity index (χ4v) is 2.84. The highest BCUT2D eigenvalue weighted by atomic mass is 19.4. The van der Waals surface area contributed by atoms with Gasteiger partial charge in [0.2, 0.25) is 5.91 Å². The summed E-state index contributed by atoms with van der Waals surface area (Å²) in [7, 11) is 0. The quantitative estimate of drug-likeness (QED) is 0.924. The van der Waals surface area contributed by atoms with Gasteiger partial charge in [-0.25, -0.2) is 0 Å². The van der Waals surface area contributed by atoms with Crippen molar-refractivity contribution in [2.24, 2.45) is 5.41 Å². The number of amides is 1. The molecule has 0 radical (unpaired) electrons. The summed E-state index contributed by atoms with van der Waals surface area (Å²) in [5.41, 5.74) is -1.93. The number of hydrogen-bond acceptors (Lipinski definition) is 2. The second-order valence-electron chi connectivity index (χ2n) is 5.97. The molecule has 1 N–H and O–H groups in total. The molecule has 1 saturated heterocycles. The van der Waals surface area contributed by atoms with Crippen LogP contribution in [0.4, 0.5) is 13.2 Å². The van der Waals surface area contributed by atoms with Crippen molar-refractivity contribution in [3.63, 3.8) is 0 Å². The molecule has 1 aromatic carbocycles. The van der Waals surface area contributed by atoms with Gasteiger partial charge in [-0.05, 0) is 17.9 Å². The number of rotatable bonds is 4. The first-order chi connectivity index (χ1) is 10.7. The fraction of sp³-hybridized carbons (Fsp3) is 0.500. The highest BCUT2D eigenvalue weighted by Gasteiger charge is 2.64. The maximum absolute atomic E-state index is 13.1. The van der Waals surface area contributed by atoms with Gasteiger partial charge in [-0.15, -0.1) is 0 Å². The number of carboxylic acid groups (broad SMARTS) is 1. The lowest BCUT2D eigenvalue weighted by molar-refractivity contribution is -0.227. The van der Waals surface area contributed by atoms with Crippen LogP contribution < -0.4 is 0 Å². The Morgan fingerprint density at radius 1 is 1.30 bits per heavy atom. The van der Waals surface area contributed by atoms with Crippen molar-refractivity contribution in [1.29, 1.82) is 0 Å². The van der Waals surface area contributed by atoms with Crippen molar-refractivity contribution >= 4 is 11.9 Å². The molecule has 0 saturated carbocycles. The third-order valence-electron chi connectivity index (χ3n) is 4.42. The van der Waals surface area contributed by atoms with E-state index in [2.05, 4.69) is 0 Å². The van der Waals surface area contributed by atoms with E-state index in [0.29, 0.717) is 0 Å². The van der Waals surface area contributed by atoms with Crippen LogP contribution in [0, 0.1) is 5.41 Å². The fourth-order valence-electron chi connectivity index (χ4n) is 2.84. The molecule has 0 aliphatic carbocycles. The standard InChI is InChI=1S/C16H18F3NO3/c1-11(12-5-3-2-4-6-12)9-13(21)20-8-7-15(10-20,14(22)23)16(17,18)19/h2-6,11H,7-10H2,1H3,(H,22,23).